The highest BCUT2D eigenvalue weighted by atomic mass is 16.5. The smallest absolute Gasteiger partial charge is 0.317 e. The molecule has 4 heteroatoms. The average Bonchev–Trinajstić information content (AvgIpc) is 2.36. The van der Waals surface area contributed by atoms with E-state index in [9.17, 15) is 4.79 Å². The fourth-order valence-corrected chi connectivity index (χ4v) is 2.07. The van der Waals surface area contributed by atoms with E-state index in [2.05, 4.69) is 19.9 Å². The van der Waals surface area contributed by atoms with Gasteiger partial charge in [0.1, 0.15) is 5.75 Å². The molecule has 0 fully saturated rings. The van der Waals surface area contributed by atoms with E-state index in [0.717, 1.165) is 23.3 Å². The van der Waals surface area contributed by atoms with E-state index in [1.807, 2.05) is 24.0 Å². The van der Waals surface area contributed by atoms with Crippen LogP contribution in [0.5, 0.6) is 5.75 Å². The Hall–Kier alpha value is -1.55. The molecule has 0 saturated carbocycles. The van der Waals surface area contributed by atoms with Crippen molar-refractivity contribution < 1.29 is 14.6 Å². The first-order valence-electron chi connectivity index (χ1n) is 6.57. The first-order valence-corrected chi connectivity index (χ1v) is 6.57. The summed E-state index contributed by atoms with van der Waals surface area (Å²) in [4.78, 5) is 12.9. The summed E-state index contributed by atoms with van der Waals surface area (Å²) in [7, 11) is 1.65. The van der Waals surface area contributed by atoms with Gasteiger partial charge in [-0.15, -0.1) is 0 Å². The molecule has 1 N–H and O–H groups in total. The third-order valence-electron chi connectivity index (χ3n) is 3.40. The zero-order valence-corrected chi connectivity index (χ0v) is 12.1. The summed E-state index contributed by atoms with van der Waals surface area (Å²) in [5.74, 6) is 0.0719. The second kappa shape index (κ2) is 7.14. The number of rotatable bonds is 7. The van der Waals surface area contributed by atoms with Gasteiger partial charge in [0.2, 0.25) is 0 Å². The van der Waals surface area contributed by atoms with E-state index in [4.69, 9.17) is 9.84 Å². The number of carbonyl (C=O) groups is 1. The monoisotopic (exact) mass is 265 g/mol. The molecule has 1 rings (SSSR count). The predicted molar refractivity (Wildman–Crippen MR) is 75.5 cm³/mol. The van der Waals surface area contributed by atoms with Gasteiger partial charge in [-0.3, -0.25) is 9.69 Å². The molecule has 0 aliphatic rings. The molecular formula is C15H23NO3. The molecule has 1 aromatic carbocycles. The molecule has 1 aromatic rings. The Labute approximate surface area is 115 Å². The van der Waals surface area contributed by atoms with Crippen LogP contribution in [-0.2, 0) is 11.3 Å². The molecule has 0 heterocycles. The van der Waals surface area contributed by atoms with Crippen LogP contribution in [0.2, 0.25) is 0 Å². The van der Waals surface area contributed by atoms with Crippen LogP contribution in [0, 0.1) is 6.92 Å². The zero-order chi connectivity index (χ0) is 14.4. The van der Waals surface area contributed by atoms with Crippen molar-refractivity contribution in [1.82, 2.24) is 4.90 Å². The van der Waals surface area contributed by atoms with Crippen LogP contribution >= 0.6 is 0 Å². The lowest BCUT2D eigenvalue weighted by Gasteiger charge is -2.26. The molecule has 0 radical (unpaired) electrons. The largest absolute Gasteiger partial charge is 0.496 e. The lowest BCUT2D eigenvalue weighted by atomic mass is 10.1. The van der Waals surface area contributed by atoms with Gasteiger partial charge in [0.15, 0.2) is 0 Å². The number of benzene rings is 1. The van der Waals surface area contributed by atoms with Crippen molar-refractivity contribution in [3.05, 3.63) is 29.3 Å². The number of carboxylic acids is 1. The van der Waals surface area contributed by atoms with Crippen LogP contribution in [0.25, 0.3) is 0 Å². The summed E-state index contributed by atoms with van der Waals surface area (Å²) >= 11 is 0. The molecule has 0 aliphatic heterocycles. The number of aliphatic carboxylic acids is 1. The normalized spacial score (nSPS) is 12.5. The molecule has 1 unspecified atom stereocenters. The molecule has 0 amide bonds. The van der Waals surface area contributed by atoms with Gasteiger partial charge in [-0.2, -0.15) is 0 Å². The number of nitrogens with zero attached hydrogens (tertiary/aromatic N) is 1. The van der Waals surface area contributed by atoms with Crippen molar-refractivity contribution in [3.63, 3.8) is 0 Å². The van der Waals surface area contributed by atoms with Crippen LogP contribution < -0.4 is 4.74 Å². The van der Waals surface area contributed by atoms with E-state index >= 15 is 0 Å². The number of carboxylic acid groups (broad SMARTS) is 1. The van der Waals surface area contributed by atoms with Crippen molar-refractivity contribution in [3.8, 4) is 5.75 Å². The fraction of sp³-hybridized carbons (Fsp3) is 0.533. The Balaban J connectivity index is 2.83. The quantitative estimate of drug-likeness (QED) is 0.823. The second-order valence-corrected chi connectivity index (χ2v) is 4.86. The maximum Gasteiger partial charge on any atom is 0.317 e. The minimum atomic E-state index is -0.787. The molecule has 0 aliphatic carbocycles. The number of methoxy groups -OCH3 is 1. The van der Waals surface area contributed by atoms with Gasteiger partial charge in [-0.25, -0.2) is 0 Å². The topological polar surface area (TPSA) is 49.8 Å². The molecular weight excluding hydrogens is 242 g/mol. The van der Waals surface area contributed by atoms with Crippen LogP contribution in [-0.4, -0.2) is 35.7 Å². The van der Waals surface area contributed by atoms with Gasteiger partial charge in [0, 0.05) is 12.6 Å². The SMILES string of the molecule is CCC(C)N(CC(=O)O)Cc1ccc(OC)c(C)c1. The minimum Gasteiger partial charge on any atom is -0.496 e. The molecule has 1 atom stereocenters. The van der Waals surface area contributed by atoms with Gasteiger partial charge in [-0.1, -0.05) is 19.1 Å². The molecule has 0 saturated heterocycles. The van der Waals surface area contributed by atoms with Gasteiger partial charge in [0.05, 0.1) is 13.7 Å². The summed E-state index contributed by atoms with van der Waals surface area (Å²) in [5.41, 5.74) is 2.18. The Morgan fingerprint density at radius 1 is 1.47 bits per heavy atom. The molecule has 0 bridgehead atoms. The van der Waals surface area contributed by atoms with Crippen molar-refractivity contribution in [2.75, 3.05) is 13.7 Å². The van der Waals surface area contributed by atoms with Crippen LogP contribution in [0.1, 0.15) is 31.4 Å². The highest BCUT2D eigenvalue weighted by Gasteiger charge is 2.16. The summed E-state index contributed by atoms with van der Waals surface area (Å²) < 4.78 is 5.23. The Morgan fingerprint density at radius 2 is 2.16 bits per heavy atom. The molecule has 4 nitrogen and oxygen atoms in total. The summed E-state index contributed by atoms with van der Waals surface area (Å²) in [6.07, 6.45) is 0.933. The van der Waals surface area contributed by atoms with Crippen LogP contribution in [0.3, 0.4) is 0 Å². The van der Waals surface area contributed by atoms with E-state index < -0.39 is 5.97 Å². The second-order valence-electron chi connectivity index (χ2n) is 4.86. The number of hydrogen-bond donors (Lipinski definition) is 1. The minimum absolute atomic E-state index is 0.0695. The maximum atomic E-state index is 10.9. The number of aryl methyl sites for hydroxylation is 1. The van der Waals surface area contributed by atoms with Crippen molar-refractivity contribution >= 4 is 5.97 Å². The third kappa shape index (κ3) is 4.56. The van der Waals surface area contributed by atoms with Crippen LogP contribution in [0.15, 0.2) is 18.2 Å². The Morgan fingerprint density at radius 3 is 2.63 bits per heavy atom. The van der Waals surface area contributed by atoms with Gasteiger partial charge in [0.25, 0.3) is 0 Å². The summed E-state index contributed by atoms with van der Waals surface area (Å²) in [6.45, 7) is 6.83. The average molecular weight is 265 g/mol. The maximum absolute atomic E-state index is 10.9. The molecule has 0 aromatic heterocycles. The molecule has 0 spiro atoms. The fourth-order valence-electron chi connectivity index (χ4n) is 2.07. The summed E-state index contributed by atoms with van der Waals surface area (Å²) in [5, 5.41) is 8.98. The third-order valence-corrected chi connectivity index (χ3v) is 3.40. The number of hydrogen-bond acceptors (Lipinski definition) is 3. The number of ether oxygens (including phenoxy) is 1. The standard InChI is InChI=1S/C15H23NO3/c1-5-12(3)16(10-15(17)18)9-13-6-7-14(19-4)11(2)8-13/h6-8,12H,5,9-10H2,1-4H3,(H,17,18). The lowest BCUT2D eigenvalue weighted by molar-refractivity contribution is -0.139. The van der Waals surface area contributed by atoms with Gasteiger partial charge < -0.3 is 9.84 Å². The van der Waals surface area contributed by atoms with Crippen molar-refractivity contribution in [2.45, 2.75) is 39.8 Å². The van der Waals surface area contributed by atoms with Gasteiger partial charge in [-0.05, 0) is 37.5 Å². The molecule has 19 heavy (non-hydrogen) atoms. The summed E-state index contributed by atoms with van der Waals surface area (Å²) in [6, 6.07) is 6.22. The van der Waals surface area contributed by atoms with Gasteiger partial charge >= 0.3 is 5.97 Å². The highest BCUT2D eigenvalue weighted by Crippen LogP contribution is 2.20. The van der Waals surface area contributed by atoms with E-state index in [-0.39, 0.29) is 12.6 Å². The first kappa shape index (κ1) is 15.5. The van der Waals surface area contributed by atoms with Crippen molar-refractivity contribution in [1.29, 1.82) is 0 Å². The van der Waals surface area contributed by atoms with E-state index in [1.54, 1.807) is 7.11 Å². The Kier molecular flexibility index (Phi) is 5.83. The van der Waals surface area contributed by atoms with Crippen LogP contribution in [0.4, 0.5) is 0 Å². The first-order chi connectivity index (χ1) is 8.97. The predicted octanol–water partition coefficient (Wildman–Crippen LogP) is 2.69. The zero-order valence-electron chi connectivity index (χ0n) is 12.1. The van der Waals surface area contributed by atoms with E-state index in [1.165, 1.54) is 0 Å². The Bertz CT molecular complexity index is 431. The van der Waals surface area contributed by atoms with E-state index in [0.29, 0.717) is 6.54 Å². The molecule has 106 valence electrons. The van der Waals surface area contributed by atoms with Crippen molar-refractivity contribution in [2.24, 2.45) is 0 Å². The highest BCUT2D eigenvalue weighted by molar-refractivity contribution is 5.69. The lowest BCUT2D eigenvalue weighted by Crippen LogP contribution is -2.36.